The van der Waals surface area contributed by atoms with Gasteiger partial charge in [-0.3, -0.25) is 0 Å². The van der Waals surface area contributed by atoms with Crippen LogP contribution in [0.1, 0.15) is 46.5 Å². The van der Waals surface area contributed by atoms with Gasteiger partial charge in [0.25, 0.3) is 0 Å². The van der Waals surface area contributed by atoms with Crippen LogP contribution in [0.3, 0.4) is 0 Å². The molecule has 0 aromatic carbocycles. The third kappa shape index (κ3) is 1.97. The first kappa shape index (κ1) is 12.8. The van der Waals surface area contributed by atoms with Crippen molar-refractivity contribution in [3.8, 4) is 6.07 Å². The first-order chi connectivity index (χ1) is 8.00. The van der Waals surface area contributed by atoms with Gasteiger partial charge in [-0.25, -0.2) is 0 Å². The Morgan fingerprint density at radius 3 is 2.76 bits per heavy atom. The molecule has 3 heteroatoms. The summed E-state index contributed by atoms with van der Waals surface area (Å²) in [5.74, 6) is 0.975. The van der Waals surface area contributed by atoms with Crippen LogP contribution in [0.2, 0.25) is 0 Å². The third-order valence-electron chi connectivity index (χ3n) is 4.83. The van der Waals surface area contributed by atoms with Gasteiger partial charge in [-0.1, -0.05) is 33.6 Å². The Morgan fingerprint density at radius 1 is 1.47 bits per heavy atom. The van der Waals surface area contributed by atoms with E-state index in [0.29, 0.717) is 17.1 Å². The molecule has 0 aromatic heterocycles. The van der Waals surface area contributed by atoms with Crippen LogP contribution in [0.5, 0.6) is 0 Å². The molecule has 94 valence electrons. The highest BCUT2D eigenvalue weighted by Gasteiger charge is 2.48. The van der Waals surface area contributed by atoms with Gasteiger partial charge in [0.1, 0.15) is 0 Å². The summed E-state index contributed by atoms with van der Waals surface area (Å²) in [5.41, 5.74) is 7.15. The van der Waals surface area contributed by atoms with Gasteiger partial charge < -0.3 is 5.73 Å². The number of rotatable bonds is 1. The molecular formula is C14H22N2S. The summed E-state index contributed by atoms with van der Waals surface area (Å²) < 4.78 is 0. The summed E-state index contributed by atoms with van der Waals surface area (Å²) in [6.45, 7) is 6.93. The minimum absolute atomic E-state index is 0.236. The van der Waals surface area contributed by atoms with Crippen LogP contribution in [0, 0.1) is 28.6 Å². The second kappa shape index (κ2) is 4.57. The molecule has 0 radical (unpaired) electrons. The molecule has 2 N–H and O–H groups in total. The standard InChI is InChI=1S/C14H22N2S/c1-9(2)14(3)7-5-4-6-11-12(14)10(8-15)13(16)17-11/h9,11-12H,4-7,16H2,1-3H3. The number of hydrogen-bond donors (Lipinski definition) is 1. The van der Waals surface area contributed by atoms with Gasteiger partial charge >= 0.3 is 0 Å². The average Bonchev–Trinajstić information content (AvgIpc) is 2.51. The van der Waals surface area contributed by atoms with Crippen LogP contribution in [-0.4, -0.2) is 5.25 Å². The Morgan fingerprint density at radius 2 is 2.18 bits per heavy atom. The smallest absolute Gasteiger partial charge is 0.0978 e. The van der Waals surface area contributed by atoms with Crippen LogP contribution in [0.25, 0.3) is 0 Å². The minimum Gasteiger partial charge on any atom is -0.393 e. The van der Waals surface area contributed by atoms with Crippen LogP contribution < -0.4 is 5.73 Å². The summed E-state index contributed by atoms with van der Waals surface area (Å²) in [5, 5.41) is 10.7. The fourth-order valence-electron chi connectivity index (χ4n) is 3.39. The molecule has 2 nitrogen and oxygen atoms in total. The van der Waals surface area contributed by atoms with Crippen molar-refractivity contribution in [2.24, 2.45) is 23.0 Å². The van der Waals surface area contributed by atoms with E-state index < -0.39 is 0 Å². The van der Waals surface area contributed by atoms with Crippen molar-refractivity contribution >= 4 is 11.8 Å². The van der Waals surface area contributed by atoms with Gasteiger partial charge in [-0.15, -0.1) is 11.8 Å². The fourth-order valence-corrected chi connectivity index (χ4v) is 4.89. The lowest BCUT2D eigenvalue weighted by molar-refractivity contribution is 0.133. The molecule has 3 atom stereocenters. The summed E-state index contributed by atoms with van der Waals surface area (Å²) in [6, 6.07) is 2.38. The highest BCUT2D eigenvalue weighted by Crippen LogP contribution is 2.56. The predicted molar refractivity (Wildman–Crippen MR) is 73.1 cm³/mol. The zero-order valence-electron chi connectivity index (χ0n) is 11.0. The van der Waals surface area contributed by atoms with Gasteiger partial charge in [-0.2, -0.15) is 5.26 Å². The van der Waals surface area contributed by atoms with Crippen molar-refractivity contribution in [1.82, 2.24) is 0 Å². The number of thioether (sulfide) groups is 1. The lowest BCUT2D eigenvalue weighted by Gasteiger charge is -2.40. The summed E-state index contributed by atoms with van der Waals surface area (Å²) in [4.78, 5) is 0. The first-order valence-electron chi connectivity index (χ1n) is 6.57. The van der Waals surface area contributed by atoms with Crippen LogP contribution in [0.15, 0.2) is 10.6 Å². The summed E-state index contributed by atoms with van der Waals surface area (Å²) in [7, 11) is 0. The van der Waals surface area contributed by atoms with E-state index in [9.17, 15) is 5.26 Å². The van der Waals surface area contributed by atoms with Crippen molar-refractivity contribution in [3.05, 3.63) is 10.6 Å². The van der Waals surface area contributed by atoms with E-state index in [1.165, 1.54) is 25.7 Å². The number of fused-ring (bicyclic) bond motifs is 1. The number of hydrogen-bond acceptors (Lipinski definition) is 3. The predicted octanol–water partition coefficient (Wildman–Crippen LogP) is 3.65. The van der Waals surface area contributed by atoms with E-state index in [4.69, 9.17) is 5.73 Å². The van der Waals surface area contributed by atoms with Gasteiger partial charge in [-0.05, 0) is 24.2 Å². The van der Waals surface area contributed by atoms with E-state index >= 15 is 0 Å². The number of nitriles is 1. The summed E-state index contributed by atoms with van der Waals surface area (Å²) in [6.07, 6.45) is 5.01. The van der Waals surface area contributed by atoms with Gasteiger partial charge in [0.15, 0.2) is 0 Å². The van der Waals surface area contributed by atoms with Crippen LogP contribution in [-0.2, 0) is 0 Å². The molecule has 2 aliphatic rings. The maximum atomic E-state index is 9.38. The van der Waals surface area contributed by atoms with Crippen molar-refractivity contribution in [2.45, 2.75) is 51.7 Å². The molecule has 0 bridgehead atoms. The van der Waals surface area contributed by atoms with Crippen molar-refractivity contribution < 1.29 is 0 Å². The molecule has 1 aliphatic carbocycles. The quantitative estimate of drug-likeness (QED) is 0.773. The fraction of sp³-hybridized carbons (Fsp3) is 0.786. The Bertz CT molecular complexity index is 380. The van der Waals surface area contributed by atoms with E-state index in [0.717, 1.165) is 10.6 Å². The maximum absolute atomic E-state index is 9.38. The van der Waals surface area contributed by atoms with Crippen LogP contribution in [0.4, 0.5) is 0 Å². The second-order valence-corrected chi connectivity index (χ2v) is 7.21. The maximum Gasteiger partial charge on any atom is 0.0978 e. The molecule has 0 saturated heterocycles. The normalized spacial score (nSPS) is 37.8. The highest BCUT2D eigenvalue weighted by atomic mass is 32.2. The lowest BCUT2D eigenvalue weighted by Crippen LogP contribution is -2.36. The third-order valence-corrected chi connectivity index (χ3v) is 6.12. The second-order valence-electron chi connectivity index (χ2n) is 5.93. The van der Waals surface area contributed by atoms with E-state index in [1.54, 1.807) is 11.8 Å². The van der Waals surface area contributed by atoms with Gasteiger partial charge in [0.2, 0.25) is 0 Å². The molecule has 0 aromatic rings. The minimum atomic E-state index is 0.236. The average molecular weight is 250 g/mol. The van der Waals surface area contributed by atoms with Crippen LogP contribution >= 0.6 is 11.8 Å². The van der Waals surface area contributed by atoms with Gasteiger partial charge in [0.05, 0.1) is 16.7 Å². The Labute approximate surface area is 109 Å². The molecule has 17 heavy (non-hydrogen) atoms. The van der Waals surface area contributed by atoms with E-state index in [1.807, 2.05) is 0 Å². The van der Waals surface area contributed by atoms with Crippen molar-refractivity contribution in [2.75, 3.05) is 0 Å². The molecule has 1 heterocycles. The first-order valence-corrected chi connectivity index (χ1v) is 7.45. The lowest BCUT2D eigenvalue weighted by atomic mass is 9.64. The Hall–Kier alpha value is -0.620. The molecule has 0 spiro atoms. The van der Waals surface area contributed by atoms with Crippen molar-refractivity contribution in [3.63, 3.8) is 0 Å². The Kier molecular flexibility index (Phi) is 3.45. The number of nitrogens with two attached hydrogens (primary N) is 1. The topological polar surface area (TPSA) is 49.8 Å². The zero-order valence-corrected chi connectivity index (χ0v) is 11.8. The monoisotopic (exact) mass is 250 g/mol. The SMILES string of the molecule is CC(C)C1(C)CCCCC2SC(N)=C(C#N)C21. The van der Waals surface area contributed by atoms with E-state index in [2.05, 4.69) is 26.8 Å². The highest BCUT2D eigenvalue weighted by molar-refractivity contribution is 8.03. The molecule has 3 unspecified atom stereocenters. The van der Waals surface area contributed by atoms with E-state index in [-0.39, 0.29) is 5.41 Å². The van der Waals surface area contributed by atoms with Crippen molar-refractivity contribution in [1.29, 1.82) is 5.26 Å². The summed E-state index contributed by atoms with van der Waals surface area (Å²) >= 11 is 1.75. The zero-order chi connectivity index (χ0) is 12.6. The number of allylic oxidation sites excluding steroid dienone is 1. The van der Waals surface area contributed by atoms with Gasteiger partial charge in [0, 0.05) is 11.2 Å². The molecular weight excluding hydrogens is 228 g/mol. The largest absolute Gasteiger partial charge is 0.393 e. The molecule has 1 aliphatic heterocycles. The Balaban J connectivity index is 2.43. The molecule has 1 saturated carbocycles. The number of nitrogens with zero attached hydrogens (tertiary/aromatic N) is 1. The molecule has 2 rings (SSSR count). The molecule has 0 amide bonds. The molecule has 1 fully saturated rings.